The normalized spacial score (nSPS) is 15.1. The quantitative estimate of drug-likeness (QED) is 0.769. The number of likely N-dealkylation sites (tertiary alicyclic amines) is 1. The number of hydrogen-bond acceptors (Lipinski definition) is 4. The van der Waals surface area contributed by atoms with Gasteiger partial charge in [-0.3, -0.25) is 4.79 Å². The summed E-state index contributed by atoms with van der Waals surface area (Å²) < 4.78 is 0. The molecule has 1 aliphatic heterocycles. The number of aromatic nitrogens is 1. The van der Waals surface area contributed by atoms with E-state index in [1.807, 2.05) is 17.0 Å². The molecule has 2 N–H and O–H groups in total. The number of amides is 1. The fourth-order valence-corrected chi connectivity index (χ4v) is 3.09. The molecule has 1 saturated heterocycles. The first-order valence-corrected chi connectivity index (χ1v) is 9.07. The topological polar surface area (TPSA) is 82.5 Å². The summed E-state index contributed by atoms with van der Waals surface area (Å²) >= 11 is 5.87. The number of carboxylic acid groups (broad SMARTS) is 1. The molecule has 6 nitrogen and oxygen atoms in total. The first-order valence-electron chi connectivity index (χ1n) is 8.70. The van der Waals surface area contributed by atoms with E-state index >= 15 is 0 Å². The maximum absolute atomic E-state index is 12.5. The van der Waals surface area contributed by atoms with Crippen LogP contribution in [0.2, 0.25) is 5.02 Å². The number of carboxylic acids is 1. The molecule has 2 heterocycles. The number of carbonyl (C=O) groups excluding carboxylic acids is 1. The number of pyridine rings is 1. The molecule has 0 bridgehead atoms. The Labute approximate surface area is 162 Å². The van der Waals surface area contributed by atoms with E-state index in [1.165, 1.54) is 6.08 Å². The number of nitrogens with zero attached hydrogens (tertiary/aromatic N) is 2. The van der Waals surface area contributed by atoms with Crippen molar-refractivity contribution in [2.75, 3.05) is 18.4 Å². The van der Waals surface area contributed by atoms with Gasteiger partial charge in [-0.15, -0.1) is 0 Å². The van der Waals surface area contributed by atoms with E-state index < -0.39 is 5.97 Å². The molecule has 2 aromatic rings. The number of benzene rings is 1. The van der Waals surface area contributed by atoms with Crippen LogP contribution in [0.4, 0.5) is 5.82 Å². The first-order chi connectivity index (χ1) is 13.0. The molecule has 27 heavy (non-hydrogen) atoms. The van der Waals surface area contributed by atoms with Crippen LogP contribution >= 0.6 is 11.6 Å². The highest BCUT2D eigenvalue weighted by molar-refractivity contribution is 6.30. The van der Waals surface area contributed by atoms with E-state index in [9.17, 15) is 9.59 Å². The molecule has 1 fully saturated rings. The molecule has 1 aromatic carbocycles. The number of rotatable bonds is 5. The second-order valence-electron chi connectivity index (χ2n) is 6.37. The van der Waals surface area contributed by atoms with Gasteiger partial charge in [-0.2, -0.15) is 0 Å². The first kappa shape index (κ1) is 18.9. The Kier molecular flexibility index (Phi) is 6.08. The lowest BCUT2D eigenvalue weighted by molar-refractivity contribution is -0.131. The summed E-state index contributed by atoms with van der Waals surface area (Å²) in [6.07, 6.45) is 5.88. The van der Waals surface area contributed by atoms with Crippen molar-refractivity contribution in [3.63, 3.8) is 0 Å². The van der Waals surface area contributed by atoms with Crippen LogP contribution in [0.25, 0.3) is 6.08 Å². The minimum Gasteiger partial charge on any atom is -0.478 e. The van der Waals surface area contributed by atoms with Crippen molar-refractivity contribution in [1.29, 1.82) is 0 Å². The zero-order valence-electron chi connectivity index (χ0n) is 14.6. The van der Waals surface area contributed by atoms with Gasteiger partial charge in [-0.1, -0.05) is 11.6 Å². The highest BCUT2D eigenvalue weighted by Gasteiger charge is 2.23. The van der Waals surface area contributed by atoms with E-state index in [0.717, 1.165) is 30.3 Å². The van der Waals surface area contributed by atoms with Gasteiger partial charge in [0.1, 0.15) is 5.82 Å². The minimum absolute atomic E-state index is 0.0258. The minimum atomic E-state index is -0.989. The number of aliphatic carboxylic acids is 1. The molecule has 1 aromatic heterocycles. The molecule has 1 amide bonds. The Morgan fingerprint density at radius 3 is 2.44 bits per heavy atom. The fourth-order valence-electron chi connectivity index (χ4n) is 2.97. The Morgan fingerprint density at radius 1 is 1.15 bits per heavy atom. The Bertz CT molecular complexity index is 827. The van der Waals surface area contributed by atoms with Crippen LogP contribution in [0.3, 0.4) is 0 Å². The summed E-state index contributed by atoms with van der Waals surface area (Å²) in [6.45, 7) is 1.36. The SMILES string of the molecule is O=C(O)C=Cc1ccc(NC2CCN(C(=O)c3ccc(Cl)cc3)CC2)nc1. The van der Waals surface area contributed by atoms with Gasteiger partial charge in [0.15, 0.2) is 0 Å². The second kappa shape index (κ2) is 8.68. The summed E-state index contributed by atoms with van der Waals surface area (Å²) in [5.74, 6) is -0.222. The Morgan fingerprint density at radius 2 is 1.85 bits per heavy atom. The molecule has 0 radical (unpaired) electrons. The number of piperidine rings is 1. The maximum atomic E-state index is 12.5. The molecule has 1 aliphatic rings. The van der Waals surface area contributed by atoms with Gasteiger partial charge in [0.05, 0.1) is 0 Å². The smallest absolute Gasteiger partial charge is 0.328 e. The molecule has 0 aliphatic carbocycles. The largest absolute Gasteiger partial charge is 0.478 e. The summed E-state index contributed by atoms with van der Waals surface area (Å²) in [5, 5.41) is 12.6. The summed E-state index contributed by atoms with van der Waals surface area (Å²) in [4.78, 5) is 29.2. The number of anilines is 1. The van der Waals surface area contributed by atoms with E-state index in [4.69, 9.17) is 16.7 Å². The highest BCUT2D eigenvalue weighted by Crippen LogP contribution is 2.18. The molecular weight excluding hydrogens is 366 g/mol. The van der Waals surface area contributed by atoms with Crippen molar-refractivity contribution in [3.05, 3.63) is 64.8 Å². The molecular formula is C20H20ClN3O3. The average molecular weight is 386 g/mol. The lowest BCUT2D eigenvalue weighted by Crippen LogP contribution is -2.42. The molecule has 0 unspecified atom stereocenters. The molecule has 0 saturated carbocycles. The van der Waals surface area contributed by atoms with Crippen molar-refractivity contribution < 1.29 is 14.7 Å². The van der Waals surface area contributed by atoms with Crippen molar-refractivity contribution in [2.24, 2.45) is 0 Å². The van der Waals surface area contributed by atoms with Crippen molar-refractivity contribution in [3.8, 4) is 0 Å². The standard InChI is InChI=1S/C20H20ClN3O3/c21-16-5-3-15(4-6-16)20(27)24-11-9-17(10-12-24)23-18-7-1-14(13-22-18)2-8-19(25)26/h1-8,13,17H,9-12H2,(H,22,23)(H,25,26). The molecule has 0 atom stereocenters. The maximum Gasteiger partial charge on any atom is 0.328 e. The summed E-state index contributed by atoms with van der Waals surface area (Å²) in [6, 6.07) is 10.8. The number of hydrogen-bond donors (Lipinski definition) is 2. The van der Waals surface area contributed by atoms with Crippen LogP contribution in [0.5, 0.6) is 0 Å². The van der Waals surface area contributed by atoms with Crippen LogP contribution in [-0.4, -0.2) is 46.0 Å². The van der Waals surface area contributed by atoms with Crippen LogP contribution in [0.15, 0.2) is 48.7 Å². The number of carbonyl (C=O) groups is 2. The lowest BCUT2D eigenvalue weighted by atomic mass is 10.0. The third-order valence-corrected chi connectivity index (χ3v) is 4.68. The van der Waals surface area contributed by atoms with Gasteiger partial charge in [-0.05, 0) is 60.9 Å². The van der Waals surface area contributed by atoms with Gasteiger partial charge < -0.3 is 15.3 Å². The van der Waals surface area contributed by atoms with Crippen LogP contribution in [-0.2, 0) is 4.79 Å². The van der Waals surface area contributed by atoms with Gasteiger partial charge in [0.2, 0.25) is 0 Å². The van der Waals surface area contributed by atoms with Gasteiger partial charge in [0, 0.05) is 42.0 Å². The monoisotopic (exact) mass is 385 g/mol. The zero-order chi connectivity index (χ0) is 19.2. The summed E-state index contributed by atoms with van der Waals surface area (Å²) in [7, 11) is 0. The number of nitrogens with one attached hydrogen (secondary N) is 1. The third-order valence-electron chi connectivity index (χ3n) is 4.43. The van der Waals surface area contributed by atoms with E-state index in [2.05, 4.69) is 10.3 Å². The second-order valence-corrected chi connectivity index (χ2v) is 6.80. The van der Waals surface area contributed by atoms with Crippen LogP contribution in [0, 0.1) is 0 Å². The van der Waals surface area contributed by atoms with Gasteiger partial charge in [0.25, 0.3) is 5.91 Å². The molecule has 7 heteroatoms. The third kappa shape index (κ3) is 5.31. The van der Waals surface area contributed by atoms with E-state index in [-0.39, 0.29) is 11.9 Å². The predicted molar refractivity (Wildman–Crippen MR) is 105 cm³/mol. The number of halogens is 1. The average Bonchev–Trinajstić information content (AvgIpc) is 2.68. The Hall–Kier alpha value is -2.86. The highest BCUT2D eigenvalue weighted by atomic mass is 35.5. The van der Waals surface area contributed by atoms with Crippen LogP contribution < -0.4 is 5.32 Å². The predicted octanol–water partition coefficient (Wildman–Crippen LogP) is 3.55. The zero-order valence-corrected chi connectivity index (χ0v) is 15.4. The van der Waals surface area contributed by atoms with Crippen molar-refractivity contribution >= 4 is 35.4 Å². The van der Waals surface area contributed by atoms with E-state index in [1.54, 1.807) is 30.5 Å². The Balaban J connectivity index is 1.51. The fraction of sp³-hybridized carbons (Fsp3) is 0.250. The van der Waals surface area contributed by atoms with Gasteiger partial charge in [-0.25, -0.2) is 9.78 Å². The molecule has 0 spiro atoms. The summed E-state index contributed by atoms with van der Waals surface area (Å²) in [5.41, 5.74) is 1.38. The van der Waals surface area contributed by atoms with Crippen LogP contribution in [0.1, 0.15) is 28.8 Å². The van der Waals surface area contributed by atoms with Crippen molar-refractivity contribution in [1.82, 2.24) is 9.88 Å². The molecule has 140 valence electrons. The van der Waals surface area contributed by atoms with E-state index in [0.29, 0.717) is 23.7 Å². The lowest BCUT2D eigenvalue weighted by Gasteiger charge is -2.32. The van der Waals surface area contributed by atoms with Gasteiger partial charge >= 0.3 is 5.97 Å². The molecule has 3 rings (SSSR count). The van der Waals surface area contributed by atoms with Crippen molar-refractivity contribution in [2.45, 2.75) is 18.9 Å².